The molecule has 2 rings (SSSR count). The smallest absolute Gasteiger partial charge is 0.165 e. The second-order valence-electron chi connectivity index (χ2n) is 3.29. The Morgan fingerprint density at radius 2 is 2.06 bits per heavy atom. The van der Waals surface area contributed by atoms with Gasteiger partial charge in [-0.15, -0.1) is 0 Å². The van der Waals surface area contributed by atoms with Gasteiger partial charge in [0, 0.05) is 5.56 Å². The number of hydrogen-bond acceptors (Lipinski definition) is 3. The lowest BCUT2D eigenvalue weighted by Crippen LogP contribution is -2.02. The zero-order valence-electron chi connectivity index (χ0n) is 8.65. The van der Waals surface area contributed by atoms with E-state index in [1.54, 1.807) is 30.5 Å². The van der Waals surface area contributed by atoms with Crippen LogP contribution in [-0.4, -0.2) is 0 Å². The van der Waals surface area contributed by atoms with Crippen molar-refractivity contribution in [2.24, 2.45) is 5.73 Å². The molecule has 0 unspecified atom stereocenters. The molecule has 0 saturated carbocycles. The Kier molecular flexibility index (Phi) is 3.22. The molecule has 0 amide bonds. The lowest BCUT2D eigenvalue weighted by molar-refractivity contribution is 0.287. The number of halogens is 1. The number of nitrogens with two attached hydrogens (primary N) is 1. The lowest BCUT2D eigenvalue weighted by Gasteiger charge is -2.06. The third-order valence-corrected chi connectivity index (χ3v) is 2.24. The average Bonchev–Trinajstić information content (AvgIpc) is 2.75. The van der Waals surface area contributed by atoms with Gasteiger partial charge in [0.15, 0.2) is 11.6 Å². The lowest BCUT2D eigenvalue weighted by atomic mass is 10.2. The maximum atomic E-state index is 13.2. The van der Waals surface area contributed by atoms with E-state index in [-0.39, 0.29) is 18.2 Å². The van der Waals surface area contributed by atoms with E-state index in [2.05, 4.69) is 0 Å². The van der Waals surface area contributed by atoms with Crippen molar-refractivity contribution in [1.82, 2.24) is 0 Å². The van der Waals surface area contributed by atoms with Crippen molar-refractivity contribution >= 4 is 0 Å². The van der Waals surface area contributed by atoms with Gasteiger partial charge < -0.3 is 14.9 Å². The van der Waals surface area contributed by atoms with Crippen LogP contribution in [0, 0.1) is 5.82 Å². The van der Waals surface area contributed by atoms with Gasteiger partial charge in [0.05, 0.1) is 12.8 Å². The molecule has 1 aromatic heterocycles. The third-order valence-electron chi connectivity index (χ3n) is 2.24. The first-order chi connectivity index (χ1) is 7.81. The van der Waals surface area contributed by atoms with Gasteiger partial charge in [-0.05, 0) is 18.2 Å². The summed E-state index contributed by atoms with van der Waals surface area (Å²) in [6, 6.07) is 8.04. The minimum absolute atomic E-state index is 0.228. The summed E-state index contributed by atoms with van der Waals surface area (Å²) in [7, 11) is 0. The topological polar surface area (TPSA) is 48.4 Å². The second kappa shape index (κ2) is 4.81. The van der Waals surface area contributed by atoms with E-state index in [1.165, 1.54) is 6.07 Å². The van der Waals surface area contributed by atoms with E-state index in [0.717, 1.165) is 5.56 Å². The molecule has 4 heteroatoms. The number of benzene rings is 1. The summed E-state index contributed by atoms with van der Waals surface area (Å²) in [5, 5.41) is 0. The Morgan fingerprint density at radius 3 is 2.81 bits per heavy atom. The van der Waals surface area contributed by atoms with E-state index in [0.29, 0.717) is 12.3 Å². The highest BCUT2D eigenvalue weighted by molar-refractivity contribution is 5.25. The monoisotopic (exact) mass is 221 g/mol. The Labute approximate surface area is 92.6 Å². The summed E-state index contributed by atoms with van der Waals surface area (Å²) in [5.74, 6) is 0.517. The molecule has 2 N–H and O–H groups in total. The van der Waals surface area contributed by atoms with Crippen LogP contribution in [0.5, 0.6) is 5.75 Å². The van der Waals surface area contributed by atoms with E-state index in [1.807, 2.05) is 0 Å². The van der Waals surface area contributed by atoms with Crippen molar-refractivity contribution in [1.29, 1.82) is 0 Å². The number of furan rings is 1. The minimum Gasteiger partial charge on any atom is -0.486 e. The van der Waals surface area contributed by atoms with Crippen LogP contribution in [0.15, 0.2) is 41.0 Å². The van der Waals surface area contributed by atoms with Gasteiger partial charge in [-0.25, -0.2) is 4.39 Å². The van der Waals surface area contributed by atoms with Crippen LogP contribution in [0.4, 0.5) is 4.39 Å². The molecule has 0 radical (unpaired) electrons. The molecule has 2 aromatic rings. The number of ether oxygens (including phenoxy) is 1. The van der Waals surface area contributed by atoms with Crippen LogP contribution >= 0.6 is 0 Å². The normalized spacial score (nSPS) is 10.4. The van der Waals surface area contributed by atoms with Crippen LogP contribution in [-0.2, 0) is 13.2 Å². The maximum Gasteiger partial charge on any atom is 0.165 e. The quantitative estimate of drug-likeness (QED) is 0.862. The van der Waals surface area contributed by atoms with E-state index >= 15 is 0 Å². The largest absolute Gasteiger partial charge is 0.486 e. The standard InChI is InChI=1S/C12H12FNO2/c13-10-3-1-2-4-11(10)16-8-9-5-6-15-12(9)7-14/h1-6H,7-8,14H2. The highest BCUT2D eigenvalue weighted by atomic mass is 19.1. The molecule has 0 aliphatic heterocycles. The highest BCUT2D eigenvalue weighted by Crippen LogP contribution is 2.18. The Bertz CT molecular complexity index is 468. The molecule has 0 aliphatic carbocycles. The number of rotatable bonds is 4. The van der Waals surface area contributed by atoms with Crippen LogP contribution in [0.2, 0.25) is 0 Å². The Morgan fingerprint density at radius 1 is 1.25 bits per heavy atom. The fourth-order valence-corrected chi connectivity index (χ4v) is 1.39. The molecule has 84 valence electrons. The SMILES string of the molecule is NCc1occc1COc1ccccc1F. The van der Waals surface area contributed by atoms with Gasteiger partial charge >= 0.3 is 0 Å². The molecule has 0 aliphatic rings. The van der Waals surface area contributed by atoms with Gasteiger partial charge in [-0.1, -0.05) is 12.1 Å². The minimum atomic E-state index is -0.375. The summed E-state index contributed by atoms with van der Waals surface area (Å²) in [6.07, 6.45) is 1.54. The van der Waals surface area contributed by atoms with Crippen molar-refractivity contribution in [2.45, 2.75) is 13.2 Å². The molecule has 0 spiro atoms. The fraction of sp³-hybridized carbons (Fsp3) is 0.167. The van der Waals surface area contributed by atoms with E-state index in [9.17, 15) is 4.39 Å². The second-order valence-corrected chi connectivity index (χ2v) is 3.29. The third kappa shape index (κ3) is 2.23. The molecular formula is C12H12FNO2. The first-order valence-electron chi connectivity index (χ1n) is 4.94. The van der Waals surface area contributed by atoms with Crippen molar-refractivity contribution < 1.29 is 13.5 Å². The van der Waals surface area contributed by atoms with Crippen LogP contribution in [0.3, 0.4) is 0 Å². The first-order valence-corrected chi connectivity index (χ1v) is 4.94. The van der Waals surface area contributed by atoms with E-state index < -0.39 is 0 Å². The zero-order chi connectivity index (χ0) is 11.4. The molecule has 0 bridgehead atoms. The van der Waals surface area contributed by atoms with Crippen LogP contribution in [0.25, 0.3) is 0 Å². The molecule has 16 heavy (non-hydrogen) atoms. The predicted octanol–water partition coefficient (Wildman–Crippen LogP) is 2.46. The molecule has 1 aromatic carbocycles. The zero-order valence-corrected chi connectivity index (χ0v) is 8.65. The fourth-order valence-electron chi connectivity index (χ4n) is 1.39. The van der Waals surface area contributed by atoms with Crippen molar-refractivity contribution in [3.05, 3.63) is 53.7 Å². The summed E-state index contributed by atoms with van der Waals surface area (Å²) >= 11 is 0. The Balaban J connectivity index is 2.05. The van der Waals surface area contributed by atoms with Gasteiger partial charge in [0.1, 0.15) is 12.4 Å². The summed E-state index contributed by atoms with van der Waals surface area (Å²) in [4.78, 5) is 0. The first kappa shape index (κ1) is 10.7. The van der Waals surface area contributed by atoms with E-state index in [4.69, 9.17) is 14.9 Å². The highest BCUT2D eigenvalue weighted by Gasteiger charge is 2.07. The molecule has 1 heterocycles. The summed E-state index contributed by atoms with van der Waals surface area (Å²) in [6.45, 7) is 0.562. The van der Waals surface area contributed by atoms with Crippen molar-refractivity contribution in [3.8, 4) is 5.75 Å². The van der Waals surface area contributed by atoms with Crippen LogP contribution in [0.1, 0.15) is 11.3 Å². The molecule has 0 saturated heterocycles. The van der Waals surface area contributed by atoms with Gasteiger partial charge in [0.2, 0.25) is 0 Å². The number of para-hydroxylation sites is 1. The summed E-state index contributed by atoms with van der Waals surface area (Å²) in [5.41, 5.74) is 6.31. The molecule has 3 nitrogen and oxygen atoms in total. The van der Waals surface area contributed by atoms with Gasteiger partial charge in [-0.2, -0.15) is 0 Å². The number of hydrogen-bond donors (Lipinski definition) is 1. The van der Waals surface area contributed by atoms with Gasteiger partial charge in [0.25, 0.3) is 0 Å². The average molecular weight is 221 g/mol. The molecule has 0 fully saturated rings. The predicted molar refractivity (Wildman–Crippen MR) is 57.3 cm³/mol. The maximum absolute atomic E-state index is 13.2. The van der Waals surface area contributed by atoms with Gasteiger partial charge in [-0.3, -0.25) is 0 Å². The summed E-state index contributed by atoms with van der Waals surface area (Å²) < 4.78 is 23.7. The Hall–Kier alpha value is -1.81. The molecular weight excluding hydrogens is 209 g/mol. The van der Waals surface area contributed by atoms with Crippen molar-refractivity contribution in [3.63, 3.8) is 0 Å². The van der Waals surface area contributed by atoms with Crippen LogP contribution < -0.4 is 10.5 Å². The molecule has 0 atom stereocenters. The van der Waals surface area contributed by atoms with Crippen molar-refractivity contribution in [2.75, 3.05) is 0 Å².